The van der Waals surface area contributed by atoms with E-state index in [9.17, 15) is 19.8 Å². The van der Waals surface area contributed by atoms with Gasteiger partial charge in [-0.1, -0.05) is 12.1 Å². The maximum absolute atomic E-state index is 13.3. The summed E-state index contributed by atoms with van der Waals surface area (Å²) in [6.07, 6.45) is 10.5. The Morgan fingerprint density at radius 3 is 2.27 bits per heavy atom. The molecule has 2 saturated heterocycles. The summed E-state index contributed by atoms with van der Waals surface area (Å²) >= 11 is 0. The van der Waals surface area contributed by atoms with Gasteiger partial charge in [0.15, 0.2) is 0 Å². The molecule has 1 aromatic heterocycles. The van der Waals surface area contributed by atoms with Crippen LogP contribution in [-0.2, 0) is 0 Å². The molecule has 4 unspecified atom stereocenters. The van der Waals surface area contributed by atoms with Crippen molar-refractivity contribution in [2.24, 2.45) is 11.8 Å². The van der Waals surface area contributed by atoms with Crippen LogP contribution in [0.3, 0.4) is 0 Å². The lowest BCUT2D eigenvalue weighted by Crippen LogP contribution is -2.68. The van der Waals surface area contributed by atoms with Gasteiger partial charge in [-0.05, 0) is 88.2 Å². The third-order valence-corrected chi connectivity index (χ3v) is 9.62. The molecule has 7 nitrogen and oxygen atoms in total. The van der Waals surface area contributed by atoms with Gasteiger partial charge in [0.25, 0.3) is 5.56 Å². The molecular formula is C26H31N3O4. The Morgan fingerprint density at radius 1 is 0.970 bits per heavy atom. The summed E-state index contributed by atoms with van der Waals surface area (Å²) in [5.41, 5.74) is 0.0688. The van der Waals surface area contributed by atoms with E-state index in [1.807, 2.05) is 18.2 Å². The van der Waals surface area contributed by atoms with Gasteiger partial charge < -0.3 is 14.8 Å². The topological polar surface area (TPSA) is 95.7 Å². The predicted molar refractivity (Wildman–Crippen MR) is 122 cm³/mol. The lowest BCUT2D eigenvalue weighted by molar-refractivity contribution is -0.190. The van der Waals surface area contributed by atoms with E-state index in [4.69, 9.17) is 0 Å². The van der Waals surface area contributed by atoms with Gasteiger partial charge in [0.1, 0.15) is 0 Å². The average molecular weight is 450 g/mol. The Hall–Kier alpha value is -2.25. The summed E-state index contributed by atoms with van der Waals surface area (Å²) < 4.78 is 1.74. The normalized spacial score (nSPS) is 41.7. The minimum Gasteiger partial charge on any atom is -0.476 e. The fraction of sp³-hybridized carbons (Fsp3) is 0.654. The number of para-hydroxylation sites is 2. The van der Waals surface area contributed by atoms with E-state index < -0.39 is 17.1 Å². The minimum atomic E-state index is -1.26. The van der Waals surface area contributed by atoms with Gasteiger partial charge in [-0.3, -0.25) is 9.69 Å². The van der Waals surface area contributed by atoms with Crippen LogP contribution in [0.25, 0.3) is 11.0 Å². The first-order valence-corrected chi connectivity index (χ1v) is 12.6. The number of aromatic nitrogens is 2. The number of benzene rings is 1. The van der Waals surface area contributed by atoms with E-state index >= 15 is 0 Å². The molecule has 4 saturated carbocycles. The van der Waals surface area contributed by atoms with Crippen molar-refractivity contribution in [1.29, 1.82) is 0 Å². The lowest BCUT2D eigenvalue weighted by Gasteiger charge is -2.65. The van der Waals surface area contributed by atoms with Crippen LogP contribution >= 0.6 is 0 Å². The zero-order valence-corrected chi connectivity index (χ0v) is 18.8. The number of rotatable bonds is 3. The molecule has 174 valence electrons. The van der Waals surface area contributed by atoms with E-state index in [-0.39, 0.29) is 17.3 Å². The van der Waals surface area contributed by atoms with Gasteiger partial charge in [0.2, 0.25) is 5.69 Å². The number of hydrogen-bond donors (Lipinski definition) is 2. The zero-order valence-electron chi connectivity index (χ0n) is 18.8. The maximum Gasteiger partial charge on any atom is 0.360 e. The third-order valence-electron chi connectivity index (χ3n) is 9.62. The monoisotopic (exact) mass is 449 g/mol. The van der Waals surface area contributed by atoms with Crippen molar-refractivity contribution in [2.75, 3.05) is 0 Å². The van der Waals surface area contributed by atoms with E-state index in [1.54, 1.807) is 10.6 Å². The molecule has 33 heavy (non-hydrogen) atoms. The molecule has 6 bridgehead atoms. The van der Waals surface area contributed by atoms with Crippen LogP contribution in [0.5, 0.6) is 0 Å². The van der Waals surface area contributed by atoms with Crippen molar-refractivity contribution >= 4 is 17.0 Å². The molecule has 4 aliphatic carbocycles. The smallest absolute Gasteiger partial charge is 0.360 e. The van der Waals surface area contributed by atoms with Gasteiger partial charge in [-0.25, -0.2) is 9.78 Å². The highest BCUT2D eigenvalue weighted by atomic mass is 16.4. The molecule has 4 atom stereocenters. The van der Waals surface area contributed by atoms with Crippen LogP contribution < -0.4 is 5.56 Å². The highest BCUT2D eigenvalue weighted by Crippen LogP contribution is 2.62. The molecule has 6 aliphatic rings. The van der Waals surface area contributed by atoms with Crippen LogP contribution in [0.4, 0.5) is 0 Å². The van der Waals surface area contributed by atoms with Gasteiger partial charge >= 0.3 is 5.97 Å². The molecule has 0 amide bonds. The second-order valence-corrected chi connectivity index (χ2v) is 11.8. The highest BCUT2D eigenvalue weighted by Gasteiger charge is 2.62. The molecule has 1 aromatic carbocycles. The van der Waals surface area contributed by atoms with Crippen molar-refractivity contribution in [3.63, 3.8) is 0 Å². The molecule has 8 rings (SSSR count). The third kappa shape index (κ3) is 2.84. The number of nitrogens with zero attached hydrogens (tertiary/aromatic N) is 3. The van der Waals surface area contributed by atoms with Crippen molar-refractivity contribution in [3.05, 3.63) is 40.3 Å². The number of hydrogen-bond acceptors (Lipinski definition) is 5. The van der Waals surface area contributed by atoms with Crippen molar-refractivity contribution < 1.29 is 15.0 Å². The lowest BCUT2D eigenvalue weighted by atomic mass is 9.50. The number of carboxylic acids is 1. The molecule has 6 fully saturated rings. The van der Waals surface area contributed by atoms with Gasteiger partial charge in [0, 0.05) is 23.7 Å². The molecule has 3 heterocycles. The van der Waals surface area contributed by atoms with Crippen LogP contribution in [0.15, 0.2) is 29.1 Å². The Kier molecular flexibility index (Phi) is 4.07. The van der Waals surface area contributed by atoms with Crippen LogP contribution in [0.1, 0.15) is 80.7 Å². The summed E-state index contributed by atoms with van der Waals surface area (Å²) in [6, 6.07) is 8.16. The summed E-state index contributed by atoms with van der Waals surface area (Å²) in [6.45, 7) is 0. The fourth-order valence-electron chi connectivity index (χ4n) is 9.26. The van der Waals surface area contributed by atoms with Crippen molar-refractivity contribution in [1.82, 2.24) is 14.5 Å². The number of aromatic carboxylic acids is 1. The second-order valence-electron chi connectivity index (χ2n) is 11.8. The maximum atomic E-state index is 13.3. The fourth-order valence-corrected chi connectivity index (χ4v) is 9.26. The Bertz CT molecular complexity index is 1190. The first-order valence-electron chi connectivity index (χ1n) is 12.6. The Balaban J connectivity index is 1.27. The Labute approximate surface area is 192 Å². The summed E-state index contributed by atoms with van der Waals surface area (Å²) in [4.78, 5) is 32.0. The van der Waals surface area contributed by atoms with Gasteiger partial charge in [-0.15, -0.1) is 0 Å². The van der Waals surface area contributed by atoms with Crippen LogP contribution in [-0.4, -0.2) is 53.9 Å². The minimum absolute atomic E-state index is 0.0192. The number of carbonyl (C=O) groups is 1. The van der Waals surface area contributed by atoms with E-state index in [1.165, 1.54) is 19.3 Å². The first kappa shape index (κ1) is 20.2. The number of carboxylic acid groups (broad SMARTS) is 1. The largest absolute Gasteiger partial charge is 0.476 e. The van der Waals surface area contributed by atoms with E-state index in [0.29, 0.717) is 29.4 Å². The highest BCUT2D eigenvalue weighted by molar-refractivity contribution is 5.88. The number of fused-ring (bicyclic) bond motifs is 3. The second kappa shape index (κ2) is 6.66. The predicted octanol–water partition coefficient (Wildman–Crippen LogP) is 3.35. The average Bonchev–Trinajstić information content (AvgIpc) is 3.03. The van der Waals surface area contributed by atoms with E-state index in [2.05, 4.69) is 9.88 Å². The molecular weight excluding hydrogens is 418 g/mol. The zero-order chi connectivity index (χ0) is 22.5. The molecule has 2 aromatic rings. The van der Waals surface area contributed by atoms with Crippen LogP contribution in [0.2, 0.25) is 0 Å². The molecule has 0 radical (unpaired) electrons. The van der Waals surface area contributed by atoms with E-state index in [0.717, 1.165) is 50.5 Å². The standard InChI is InChI=1S/C26H31N3O4/c30-23-22(24(31)32)27-20-3-1-2-4-21(20)28(23)19-8-17-5-6-18(9-19)29(17)25-10-15-7-16(11-25)13-26(33,12-15)14-25/h1-4,15-19,33H,5-14H2,(H,31,32). The first-order chi connectivity index (χ1) is 15.8. The van der Waals surface area contributed by atoms with Crippen molar-refractivity contribution in [2.45, 2.75) is 93.5 Å². The molecule has 0 spiro atoms. The summed E-state index contributed by atoms with van der Waals surface area (Å²) in [7, 11) is 0. The van der Waals surface area contributed by atoms with Gasteiger partial charge in [-0.2, -0.15) is 0 Å². The number of piperidine rings is 1. The number of aliphatic hydroxyl groups is 1. The molecule has 7 heteroatoms. The summed E-state index contributed by atoms with van der Waals surface area (Å²) in [5.74, 6) is 0.0400. The molecule has 2 N–H and O–H groups in total. The Morgan fingerprint density at radius 2 is 1.64 bits per heavy atom. The SMILES string of the molecule is O=C(O)c1nc2ccccc2n(C2CC3CCC(C2)N3C23CC4CC(CC(O)(C4)C2)C3)c1=O. The quantitative estimate of drug-likeness (QED) is 0.746. The van der Waals surface area contributed by atoms with Crippen LogP contribution in [0, 0.1) is 11.8 Å². The van der Waals surface area contributed by atoms with Crippen molar-refractivity contribution in [3.8, 4) is 0 Å². The van der Waals surface area contributed by atoms with Gasteiger partial charge in [0.05, 0.1) is 16.6 Å². The molecule has 2 aliphatic heterocycles. The summed E-state index contributed by atoms with van der Waals surface area (Å²) in [5, 5.41) is 20.9.